The standard InChI is InChI=1S/C18H26FN5O/c1-2-20-18(21-13-17(25)22-14-7-8-14)24-11-9-23(10-12-24)16-6-4-3-5-15(16)19/h3-6,14H,2,7-13H2,1H3,(H,20,21)(H,22,25). The van der Waals surface area contributed by atoms with E-state index in [0.29, 0.717) is 11.7 Å². The van der Waals surface area contributed by atoms with E-state index in [0.717, 1.165) is 51.5 Å². The summed E-state index contributed by atoms with van der Waals surface area (Å²) in [6.45, 7) is 5.83. The molecule has 25 heavy (non-hydrogen) atoms. The lowest BCUT2D eigenvalue weighted by atomic mass is 10.2. The maximum absolute atomic E-state index is 13.9. The molecular formula is C18H26FN5O. The number of aliphatic imine (C=N–C) groups is 1. The maximum Gasteiger partial charge on any atom is 0.242 e. The van der Waals surface area contributed by atoms with Crippen LogP contribution in [0, 0.1) is 5.82 Å². The zero-order valence-corrected chi connectivity index (χ0v) is 14.7. The first-order chi connectivity index (χ1) is 12.2. The van der Waals surface area contributed by atoms with E-state index in [1.165, 1.54) is 6.07 Å². The summed E-state index contributed by atoms with van der Waals surface area (Å²) in [5.41, 5.74) is 0.646. The SMILES string of the molecule is CCNC(=NCC(=O)NC1CC1)N1CCN(c2ccccc2F)CC1. The zero-order chi connectivity index (χ0) is 17.6. The van der Waals surface area contributed by atoms with Crippen molar-refractivity contribution in [3.63, 3.8) is 0 Å². The lowest BCUT2D eigenvalue weighted by Gasteiger charge is -2.37. The fourth-order valence-electron chi connectivity index (χ4n) is 2.94. The van der Waals surface area contributed by atoms with Crippen LogP contribution in [0.4, 0.5) is 10.1 Å². The molecule has 2 aliphatic rings. The summed E-state index contributed by atoms with van der Waals surface area (Å²) in [4.78, 5) is 20.5. The van der Waals surface area contributed by atoms with Gasteiger partial charge in [0.25, 0.3) is 0 Å². The number of halogens is 1. The van der Waals surface area contributed by atoms with E-state index in [2.05, 4.69) is 25.4 Å². The number of carbonyl (C=O) groups is 1. The first-order valence-electron chi connectivity index (χ1n) is 8.99. The Morgan fingerprint density at radius 1 is 1.24 bits per heavy atom. The van der Waals surface area contributed by atoms with Crippen molar-refractivity contribution < 1.29 is 9.18 Å². The van der Waals surface area contributed by atoms with Gasteiger partial charge in [0.15, 0.2) is 5.96 Å². The van der Waals surface area contributed by atoms with E-state index < -0.39 is 0 Å². The number of guanidine groups is 1. The molecule has 2 N–H and O–H groups in total. The lowest BCUT2D eigenvalue weighted by Crippen LogP contribution is -2.53. The monoisotopic (exact) mass is 347 g/mol. The third-order valence-electron chi connectivity index (χ3n) is 4.42. The number of carbonyl (C=O) groups excluding carboxylic acids is 1. The Labute approximate surface area is 148 Å². The Kier molecular flexibility index (Phi) is 5.73. The molecule has 0 unspecified atom stereocenters. The third kappa shape index (κ3) is 4.84. The van der Waals surface area contributed by atoms with Gasteiger partial charge in [-0.1, -0.05) is 12.1 Å². The number of rotatable bonds is 5. The molecule has 1 aromatic carbocycles. The number of benzene rings is 1. The summed E-state index contributed by atoms with van der Waals surface area (Å²) in [7, 11) is 0. The molecule has 1 saturated heterocycles. The molecule has 1 heterocycles. The molecule has 3 rings (SSSR count). The fourth-order valence-corrected chi connectivity index (χ4v) is 2.94. The summed E-state index contributed by atoms with van der Waals surface area (Å²) in [6.07, 6.45) is 2.15. The Hall–Kier alpha value is -2.31. The van der Waals surface area contributed by atoms with Crippen LogP contribution in [0.1, 0.15) is 19.8 Å². The van der Waals surface area contributed by atoms with Gasteiger partial charge in [0.1, 0.15) is 12.4 Å². The first-order valence-corrected chi connectivity index (χ1v) is 8.99. The minimum Gasteiger partial charge on any atom is -0.366 e. The molecule has 1 amide bonds. The highest BCUT2D eigenvalue weighted by atomic mass is 19.1. The van der Waals surface area contributed by atoms with Crippen LogP contribution in [0.25, 0.3) is 0 Å². The Morgan fingerprint density at radius 3 is 2.60 bits per heavy atom. The molecule has 136 valence electrons. The average molecular weight is 347 g/mol. The molecule has 6 nitrogen and oxygen atoms in total. The van der Waals surface area contributed by atoms with Crippen LogP contribution in [0.3, 0.4) is 0 Å². The molecule has 1 aliphatic heterocycles. The van der Waals surface area contributed by atoms with Crippen molar-refractivity contribution in [1.82, 2.24) is 15.5 Å². The molecule has 7 heteroatoms. The van der Waals surface area contributed by atoms with Crippen molar-refractivity contribution in [2.45, 2.75) is 25.8 Å². The first kappa shape index (κ1) is 17.5. The molecule has 0 aromatic heterocycles. The number of para-hydroxylation sites is 1. The number of hydrogen-bond acceptors (Lipinski definition) is 3. The maximum atomic E-state index is 13.9. The van der Waals surface area contributed by atoms with Crippen molar-refractivity contribution in [3.05, 3.63) is 30.1 Å². The van der Waals surface area contributed by atoms with Crippen LogP contribution in [0.15, 0.2) is 29.3 Å². The second kappa shape index (κ2) is 8.18. The molecular weight excluding hydrogens is 321 g/mol. The van der Waals surface area contributed by atoms with E-state index in [9.17, 15) is 9.18 Å². The van der Waals surface area contributed by atoms with Crippen molar-refractivity contribution in [1.29, 1.82) is 0 Å². The van der Waals surface area contributed by atoms with Gasteiger partial charge in [0.2, 0.25) is 5.91 Å². The van der Waals surface area contributed by atoms with Crippen LogP contribution < -0.4 is 15.5 Å². The van der Waals surface area contributed by atoms with Gasteiger partial charge in [0.05, 0.1) is 5.69 Å². The highest BCUT2D eigenvalue weighted by Crippen LogP contribution is 2.20. The summed E-state index contributed by atoms with van der Waals surface area (Å²) in [5.74, 6) is 0.540. The molecule has 1 saturated carbocycles. The molecule has 0 radical (unpaired) electrons. The van der Waals surface area contributed by atoms with Crippen molar-refractivity contribution in [3.8, 4) is 0 Å². The molecule has 1 aliphatic carbocycles. The predicted octanol–water partition coefficient (Wildman–Crippen LogP) is 1.19. The van der Waals surface area contributed by atoms with Gasteiger partial charge in [-0.15, -0.1) is 0 Å². The Morgan fingerprint density at radius 2 is 1.96 bits per heavy atom. The molecule has 0 bridgehead atoms. The largest absolute Gasteiger partial charge is 0.366 e. The van der Waals surface area contributed by atoms with Gasteiger partial charge in [-0.2, -0.15) is 0 Å². The van der Waals surface area contributed by atoms with Gasteiger partial charge < -0.3 is 20.4 Å². The highest BCUT2D eigenvalue weighted by Gasteiger charge is 2.24. The summed E-state index contributed by atoms with van der Waals surface area (Å²) in [5, 5.41) is 6.19. The second-order valence-corrected chi connectivity index (χ2v) is 6.44. The third-order valence-corrected chi connectivity index (χ3v) is 4.42. The highest BCUT2D eigenvalue weighted by molar-refractivity contribution is 5.85. The zero-order valence-electron chi connectivity index (χ0n) is 14.7. The van der Waals surface area contributed by atoms with E-state index in [1.807, 2.05) is 19.1 Å². The summed E-state index contributed by atoms with van der Waals surface area (Å²) < 4.78 is 13.9. The summed E-state index contributed by atoms with van der Waals surface area (Å²) >= 11 is 0. The van der Waals surface area contributed by atoms with Gasteiger partial charge in [-0.25, -0.2) is 9.38 Å². The van der Waals surface area contributed by atoms with Crippen LogP contribution in [-0.2, 0) is 4.79 Å². The number of nitrogens with zero attached hydrogens (tertiary/aromatic N) is 3. The van der Waals surface area contributed by atoms with Gasteiger partial charge in [-0.3, -0.25) is 4.79 Å². The van der Waals surface area contributed by atoms with E-state index in [4.69, 9.17) is 0 Å². The minimum atomic E-state index is -0.187. The van der Waals surface area contributed by atoms with Crippen molar-refractivity contribution >= 4 is 17.6 Å². The van der Waals surface area contributed by atoms with Gasteiger partial charge >= 0.3 is 0 Å². The molecule has 2 fully saturated rings. The molecule has 0 atom stereocenters. The Bertz CT molecular complexity index is 624. The van der Waals surface area contributed by atoms with E-state index in [-0.39, 0.29) is 18.3 Å². The number of hydrogen-bond donors (Lipinski definition) is 2. The topological polar surface area (TPSA) is 60.0 Å². The number of amides is 1. The summed E-state index contributed by atoms with van der Waals surface area (Å²) in [6, 6.07) is 7.22. The van der Waals surface area contributed by atoms with E-state index in [1.54, 1.807) is 6.07 Å². The van der Waals surface area contributed by atoms with Crippen LogP contribution in [-0.4, -0.2) is 62.1 Å². The number of nitrogens with one attached hydrogen (secondary N) is 2. The normalized spacial score (nSPS) is 18.2. The number of piperazine rings is 1. The van der Waals surface area contributed by atoms with E-state index >= 15 is 0 Å². The smallest absolute Gasteiger partial charge is 0.242 e. The van der Waals surface area contributed by atoms with Crippen LogP contribution in [0.5, 0.6) is 0 Å². The minimum absolute atomic E-state index is 0.0251. The fraction of sp³-hybridized carbons (Fsp3) is 0.556. The van der Waals surface area contributed by atoms with Gasteiger partial charge in [0, 0.05) is 38.8 Å². The second-order valence-electron chi connectivity index (χ2n) is 6.44. The van der Waals surface area contributed by atoms with Gasteiger partial charge in [-0.05, 0) is 31.9 Å². The number of anilines is 1. The average Bonchev–Trinajstić information content (AvgIpc) is 3.43. The molecule has 1 aromatic rings. The predicted molar refractivity (Wildman–Crippen MR) is 97.3 cm³/mol. The molecule has 0 spiro atoms. The van der Waals surface area contributed by atoms with Crippen molar-refractivity contribution in [2.24, 2.45) is 4.99 Å². The van der Waals surface area contributed by atoms with Crippen LogP contribution >= 0.6 is 0 Å². The quantitative estimate of drug-likeness (QED) is 0.621. The Balaban J connectivity index is 1.56. The lowest BCUT2D eigenvalue weighted by molar-refractivity contribution is -0.119. The van der Waals surface area contributed by atoms with Crippen LogP contribution in [0.2, 0.25) is 0 Å². The van der Waals surface area contributed by atoms with Crippen molar-refractivity contribution in [2.75, 3.05) is 44.2 Å².